The maximum absolute atomic E-state index is 12.5. The van der Waals surface area contributed by atoms with Gasteiger partial charge in [-0.05, 0) is 55.5 Å². The quantitative estimate of drug-likeness (QED) is 0.583. The molecule has 7 nitrogen and oxygen atoms in total. The van der Waals surface area contributed by atoms with Crippen molar-refractivity contribution < 1.29 is 9.53 Å². The van der Waals surface area contributed by atoms with Crippen molar-refractivity contribution in [3.63, 3.8) is 0 Å². The molecule has 2 aromatic heterocycles. The van der Waals surface area contributed by atoms with Gasteiger partial charge in [-0.15, -0.1) is 21.5 Å². The largest absolute Gasteiger partial charge is 0.497 e. The zero-order chi connectivity index (χ0) is 21.1. The number of aromatic nitrogens is 3. The van der Waals surface area contributed by atoms with E-state index in [1.807, 2.05) is 35.9 Å². The number of fused-ring (bicyclic) bond motifs is 1. The van der Waals surface area contributed by atoms with Gasteiger partial charge in [0.2, 0.25) is 5.91 Å². The highest BCUT2D eigenvalue weighted by atomic mass is 32.2. The lowest BCUT2D eigenvalue weighted by atomic mass is 9.96. The molecule has 0 radical (unpaired) electrons. The molecular weight excluding hydrogens is 418 g/mol. The third-order valence-corrected chi connectivity index (χ3v) is 7.28. The summed E-state index contributed by atoms with van der Waals surface area (Å²) in [5.74, 6) is 1.55. The van der Waals surface area contributed by atoms with Gasteiger partial charge in [0.15, 0.2) is 11.0 Å². The molecule has 1 aliphatic carbocycles. The maximum atomic E-state index is 12.5. The summed E-state index contributed by atoms with van der Waals surface area (Å²) in [6, 6.07) is 9.87. The van der Waals surface area contributed by atoms with Crippen LogP contribution in [0.1, 0.15) is 28.8 Å². The van der Waals surface area contributed by atoms with E-state index >= 15 is 0 Å². The van der Waals surface area contributed by atoms with Crippen LogP contribution in [0.25, 0.3) is 11.4 Å². The minimum Gasteiger partial charge on any atom is -0.497 e. The van der Waals surface area contributed by atoms with Crippen molar-refractivity contribution in [3.05, 3.63) is 40.3 Å². The van der Waals surface area contributed by atoms with Crippen LogP contribution in [0.15, 0.2) is 29.4 Å². The van der Waals surface area contributed by atoms with E-state index in [-0.39, 0.29) is 11.7 Å². The number of thioether (sulfide) groups is 1. The van der Waals surface area contributed by atoms with Gasteiger partial charge in [0, 0.05) is 17.5 Å². The second-order valence-corrected chi connectivity index (χ2v) is 9.01. The van der Waals surface area contributed by atoms with Crippen LogP contribution in [-0.2, 0) is 24.7 Å². The molecule has 0 saturated heterocycles. The Morgan fingerprint density at radius 3 is 2.80 bits per heavy atom. The maximum Gasteiger partial charge on any atom is 0.235 e. The number of rotatable bonds is 6. The highest BCUT2D eigenvalue weighted by Gasteiger charge is 2.22. The first-order valence-corrected chi connectivity index (χ1v) is 11.4. The first-order chi connectivity index (χ1) is 14.6. The van der Waals surface area contributed by atoms with Crippen LogP contribution in [0.2, 0.25) is 0 Å². The number of hydrogen-bond donors (Lipinski definition) is 1. The molecule has 1 aliphatic rings. The molecule has 1 N–H and O–H groups in total. The molecule has 0 aliphatic heterocycles. The number of carbonyl (C=O) groups excluding carboxylic acids is 1. The SMILES string of the molecule is COc1ccc(-c2nnc(SCC(=O)Nc3sc4c(c3C#N)CCCC4)n2C)cc1. The first kappa shape index (κ1) is 20.4. The van der Waals surface area contributed by atoms with E-state index in [4.69, 9.17) is 4.74 Å². The Hall–Kier alpha value is -2.83. The molecule has 9 heteroatoms. The first-order valence-electron chi connectivity index (χ1n) is 9.61. The van der Waals surface area contributed by atoms with Gasteiger partial charge in [0.25, 0.3) is 0 Å². The molecule has 2 heterocycles. The Balaban J connectivity index is 1.42. The number of carbonyl (C=O) groups is 1. The predicted octanol–water partition coefficient (Wildman–Crippen LogP) is 4.03. The summed E-state index contributed by atoms with van der Waals surface area (Å²) in [6.45, 7) is 0. The number of benzene rings is 1. The number of aryl methyl sites for hydroxylation is 1. The predicted molar refractivity (Wildman–Crippen MR) is 118 cm³/mol. The summed E-state index contributed by atoms with van der Waals surface area (Å²) in [5, 5.41) is 22.3. The lowest BCUT2D eigenvalue weighted by molar-refractivity contribution is -0.113. The van der Waals surface area contributed by atoms with E-state index in [1.54, 1.807) is 7.11 Å². The van der Waals surface area contributed by atoms with Gasteiger partial charge in [-0.3, -0.25) is 4.79 Å². The fourth-order valence-corrected chi connectivity index (χ4v) is 5.46. The van der Waals surface area contributed by atoms with Gasteiger partial charge >= 0.3 is 0 Å². The number of amides is 1. The van der Waals surface area contributed by atoms with Crippen LogP contribution >= 0.6 is 23.1 Å². The molecule has 0 unspecified atom stereocenters. The van der Waals surface area contributed by atoms with E-state index in [0.29, 0.717) is 15.7 Å². The molecule has 3 aromatic rings. The van der Waals surface area contributed by atoms with E-state index in [9.17, 15) is 10.1 Å². The summed E-state index contributed by atoms with van der Waals surface area (Å²) in [6.07, 6.45) is 4.16. The van der Waals surface area contributed by atoms with Crippen LogP contribution in [0.4, 0.5) is 5.00 Å². The fraction of sp³-hybridized carbons (Fsp3) is 0.333. The number of hydrogen-bond acceptors (Lipinski definition) is 7. The van der Waals surface area contributed by atoms with Crippen molar-refractivity contribution in [2.24, 2.45) is 7.05 Å². The van der Waals surface area contributed by atoms with E-state index in [0.717, 1.165) is 48.4 Å². The second kappa shape index (κ2) is 8.90. The number of nitriles is 1. The molecular formula is C21H21N5O2S2. The fourth-order valence-electron chi connectivity index (χ4n) is 3.50. The van der Waals surface area contributed by atoms with Crippen molar-refractivity contribution in [2.75, 3.05) is 18.2 Å². The Labute approximate surface area is 183 Å². The van der Waals surface area contributed by atoms with Crippen LogP contribution in [-0.4, -0.2) is 33.5 Å². The molecule has 154 valence electrons. The van der Waals surface area contributed by atoms with Gasteiger partial charge in [0.1, 0.15) is 16.8 Å². The zero-order valence-electron chi connectivity index (χ0n) is 16.8. The van der Waals surface area contributed by atoms with Gasteiger partial charge in [-0.2, -0.15) is 5.26 Å². The van der Waals surface area contributed by atoms with E-state index in [2.05, 4.69) is 21.6 Å². The minimum absolute atomic E-state index is 0.149. The summed E-state index contributed by atoms with van der Waals surface area (Å²) < 4.78 is 7.05. The zero-order valence-corrected chi connectivity index (χ0v) is 18.4. The average molecular weight is 440 g/mol. The van der Waals surface area contributed by atoms with Crippen LogP contribution in [0, 0.1) is 11.3 Å². The van der Waals surface area contributed by atoms with Crippen molar-refractivity contribution in [2.45, 2.75) is 30.8 Å². The summed E-state index contributed by atoms with van der Waals surface area (Å²) in [7, 11) is 3.50. The normalized spacial score (nSPS) is 12.8. The number of thiophene rings is 1. The number of anilines is 1. The molecule has 0 bridgehead atoms. The Kier molecular flexibility index (Phi) is 6.06. The highest BCUT2D eigenvalue weighted by molar-refractivity contribution is 7.99. The van der Waals surface area contributed by atoms with Gasteiger partial charge < -0.3 is 14.6 Å². The van der Waals surface area contributed by atoms with Crippen molar-refractivity contribution >= 4 is 34.0 Å². The monoisotopic (exact) mass is 439 g/mol. The molecule has 30 heavy (non-hydrogen) atoms. The molecule has 0 saturated carbocycles. The van der Waals surface area contributed by atoms with E-state index in [1.165, 1.54) is 28.0 Å². The molecule has 1 amide bonds. The van der Waals surface area contributed by atoms with Gasteiger partial charge in [-0.25, -0.2) is 0 Å². The molecule has 0 spiro atoms. The molecule has 0 atom stereocenters. The third kappa shape index (κ3) is 4.06. The average Bonchev–Trinajstić information content (AvgIpc) is 3.31. The molecule has 1 aromatic carbocycles. The minimum atomic E-state index is -0.149. The lowest BCUT2D eigenvalue weighted by Crippen LogP contribution is -2.14. The number of ether oxygens (including phenoxy) is 1. The summed E-state index contributed by atoms with van der Waals surface area (Å²) in [4.78, 5) is 13.8. The molecule has 4 rings (SSSR count). The Morgan fingerprint density at radius 2 is 2.07 bits per heavy atom. The van der Waals surface area contributed by atoms with Crippen molar-refractivity contribution in [1.29, 1.82) is 5.26 Å². The smallest absolute Gasteiger partial charge is 0.235 e. The number of nitrogens with zero attached hydrogens (tertiary/aromatic N) is 4. The summed E-state index contributed by atoms with van der Waals surface area (Å²) >= 11 is 2.86. The van der Waals surface area contributed by atoms with Crippen LogP contribution in [0.3, 0.4) is 0 Å². The van der Waals surface area contributed by atoms with E-state index < -0.39 is 0 Å². The topological polar surface area (TPSA) is 92.8 Å². The third-order valence-electron chi connectivity index (χ3n) is 5.05. The van der Waals surface area contributed by atoms with Crippen LogP contribution < -0.4 is 10.1 Å². The Morgan fingerprint density at radius 1 is 1.30 bits per heavy atom. The highest BCUT2D eigenvalue weighted by Crippen LogP contribution is 2.37. The van der Waals surface area contributed by atoms with Crippen LogP contribution in [0.5, 0.6) is 5.75 Å². The van der Waals surface area contributed by atoms with Gasteiger partial charge in [0.05, 0.1) is 18.4 Å². The molecule has 0 fully saturated rings. The van der Waals surface area contributed by atoms with Crippen molar-refractivity contribution in [1.82, 2.24) is 14.8 Å². The van der Waals surface area contributed by atoms with Crippen molar-refractivity contribution in [3.8, 4) is 23.2 Å². The number of nitrogens with one attached hydrogen (secondary N) is 1. The Bertz CT molecular complexity index is 1110. The standard InChI is InChI=1S/C21H21N5O2S2/c1-26-19(13-7-9-14(28-2)10-8-13)24-25-21(26)29-12-18(27)23-20-16(11-22)15-5-3-4-6-17(15)30-20/h7-10H,3-6,12H2,1-2H3,(H,23,27). The lowest BCUT2D eigenvalue weighted by Gasteiger charge is -2.09. The van der Waals surface area contributed by atoms with Gasteiger partial charge in [-0.1, -0.05) is 11.8 Å². The number of methoxy groups -OCH3 is 1. The summed E-state index contributed by atoms with van der Waals surface area (Å²) in [5.41, 5.74) is 2.67. The second-order valence-electron chi connectivity index (χ2n) is 6.96.